The highest BCUT2D eigenvalue weighted by molar-refractivity contribution is 5.17. The molecule has 0 radical (unpaired) electrons. The van der Waals surface area contributed by atoms with Gasteiger partial charge in [0.15, 0.2) is 0 Å². The van der Waals surface area contributed by atoms with Gasteiger partial charge >= 0.3 is 0 Å². The Bertz CT molecular complexity index is 343. The van der Waals surface area contributed by atoms with Crippen molar-refractivity contribution in [2.24, 2.45) is 5.92 Å². The van der Waals surface area contributed by atoms with Crippen LogP contribution in [0.15, 0.2) is 11.6 Å². The third kappa shape index (κ3) is 3.04. The lowest BCUT2D eigenvalue weighted by Gasteiger charge is -2.35. The largest absolute Gasteiger partial charge is 0.369 e. The second-order valence-corrected chi connectivity index (χ2v) is 6.70. The highest BCUT2D eigenvalue weighted by Gasteiger charge is 2.53. The predicted octanol–water partition coefficient (Wildman–Crippen LogP) is 2.14. The van der Waals surface area contributed by atoms with Crippen molar-refractivity contribution >= 4 is 0 Å². The van der Waals surface area contributed by atoms with Crippen LogP contribution in [-0.4, -0.2) is 61.8 Å². The maximum atomic E-state index is 5.82. The van der Waals surface area contributed by atoms with Gasteiger partial charge in [0.2, 0.25) is 0 Å². The van der Waals surface area contributed by atoms with Gasteiger partial charge in [-0.05, 0) is 52.7 Å². The summed E-state index contributed by atoms with van der Waals surface area (Å²) in [5, 5.41) is 0. The van der Waals surface area contributed by atoms with Crippen LogP contribution in [0.1, 0.15) is 32.6 Å². The van der Waals surface area contributed by atoms with E-state index in [-0.39, 0.29) is 5.60 Å². The summed E-state index contributed by atoms with van der Waals surface area (Å²) in [6, 6.07) is 0. The Morgan fingerprint density at radius 3 is 2.74 bits per heavy atom. The van der Waals surface area contributed by atoms with Crippen LogP contribution < -0.4 is 0 Å². The lowest BCUT2D eigenvalue weighted by molar-refractivity contribution is 0.120. The van der Waals surface area contributed by atoms with Gasteiger partial charge in [0, 0.05) is 25.6 Å². The predicted molar refractivity (Wildman–Crippen MR) is 78.3 cm³/mol. The molecule has 3 rings (SSSR count). The van der Waals surface area contributed by atoms with Crippen molar-refractivity contribution in [1.82, 2.24) is 9.80 Å². The summed E-state index contributed by atoms with van der Waals surface area (Å²) in [6.07, 6.45) is 7.69. The third-order valence-corrected chi connectivity index (χ3v) is 5.22. The minimum atomic E-state index is 0.223. The Balaban J connectivity index is 1.54. The molecular formula is C16H28N2O. The van der Waals surface area contributed by atoms with Crippen LogP contribution >= 0.6 is 0 Å². The Kier molecular flexibility index (Phi) is 3.97. The molecule has 1 spiro atoms. The summed E-state index contributed by atoms with van der Waals surface area (Å²) in [4.78, 5) is 5.05. The van der Waals surface area contributed by atoms with E-state index in [2.05, 4.69) is 29.8 Å². The minimum absolute atomic E-state index is 0.223. The fraction of sp³-hybridized carbons (Fsp3) is 0.875. The maximum Gasteiger partial charge on any atom is 0.101 e. The van der Waals surface area contributed by atoms with Crippen LogP contribution in [-0.2, 0) is 4.74 Å². The topological polar surface area (TPSA) is 19.0 Å². The van der Waals surface area contributed by atoms with Gasteiger partial charge in [0.05, 0.1) is 6.61 Å². The van der Waals surface area contributed by atoms with Gasteiger partial charge in [-0.1, -0.05) is 11.6 Å². The number of ether oxygens (including phenoxy) is 1. The SMILES string of the molecule is C/C(=C\CCN1CCCC1)[C@H]1CN(C)CC[C@]12CO2. The first-order valence-electron chi connectivity index (χ1n) is 7.91. The zero-order valence-corrected chi connectivity index (χ0v) is 12.5. The van der Waals surface area contributed by atoms with E-state index in [1.807, 2.05) is 0 Å². The molecule has 0 aliphatic carbocycles. The minimum Gasteiger partial charge on any atom is -0.369 e. The Hall–Kier alpha value is -0.380. The van der Waals surface area contributed by atoms with Crippen LogP contribution in [0.3, 0.4) is 0 Å². The van der Waals surface area contributed by atoms with E-state index in [0.29, 0.717) is 5.92 Å². The van der Waals surface area contributed by atoms with Crippen molar-refractivity contribution < 1.29 is 4.74 Å². The molecule has 0 aromatic rings. The molecule has 19 heavy (non-hydrogen) atoms. The van der Waals surface area contributed by atoms with Crippen LogP contribution in [0.2, 0.25) is 0 Å². The van der Waals surface area contributed by atoms with E-state index in [9.17, 15) is 0 Å². The van der Waals surface area contributed by atoms with E-state index >= 15 is 0 Å². The highest BCUT2D eigenvalue weighted by Crippen LogP contribution is 2.45. The van der Waals surface area contributed by atoms with Gasteiger partial charge in [-0.15, -0.1) is 0 Å². The zero-order valence-electron chi connectivity index (χ0n) is 12.5. The van der Waals surface area contributed by atoms with Gasteiger partial charge in [-0.25, -0.2) is 0 Å². The molecule has 0 bridgehead atoms. The van der Waals surface area contributed by atoms with Crippen molar-refractivity contribution in [2.45, 2.75) is 38.2 Å². The van der Waals surface area contributed by atoms with Gasteiger partial charge in [0.1, 0.15) is 5.60 Å². The van der Waals surface area contributed by atoms with E-state index in [0.717, 1.165) is 6.61 Å². The Morgan fingerprint density at radius 1 is 1.32 bits per heavy atom. The van der Waals surface area contributed by atoms with Crippen LogP contribution in [0.4, 0.5) is 0 Å². The maximum absolute atomic E-state index is 5.82. The molecule has 3 aliphatic rings. The molecular weight excluding hydrogens is 236 g/mol. The van der Waals surface area contributed by atoms with E-state index in [4.69, 9.17) is 4.74 Å². The van der Waals surface area contributed by atoms with E-state index < -0.39 is 0 Å². The number of nitrogens with zero attached hydrogens (tertiary/aromatic N) is 2. The van der Waals surface area contributed by atoms with E-state index in [1.54, 1.807) is 5.57 Å². The molecule has 3 heteroatoms. The zero-order chi connectivity index (χ0) is 13.3. The summed E-state index contributed by atoms with van der Waals surface area (Å²) in [5.74, 6) is 0.629. The summed E-state index contributed by atoms with van der Waals surface area (Å²) in [5.41, 5.74) is 1.78. The lowest BCUT2D eigenvalue weighted by Crippen LogP contribution is -2.44. The average Bonchev–Trinajstić information content (AvgIpc) is 2.97. The van der Waals surface area contributed by atoms with Crippen LogP contribution in [0, 0.1) is 5.92 Å². The van der Waals surface area contributed by atoms with Crippen LogP contribution in [0.25, 0.3) is 0 Å². The second-order valence-electron chi connectivity index (χ2n) is 6.70. The summed E-state index contributed by atoms with van der Waals surface area (Å²) in [7, 11) is 2.24. The first-order chi connectivity index (χ1) is 9.20. The molecule has 0 aromatic carbocycles. The molecule has 0 N–H and O–H groups in total. The molecule has 0 saturated carbocycles. The molecule has 2 atom stereocenters. The Morgan fingerprint density at radius 2 is 2.05 bits per heavy atom. The summed E-state index contributed by atoms with van der Waals surface area (Å²) < 4.78 is 5.82. The highest BCUT2D eigenvalue weighted by atomic mass is 16.6. The fourth-order valence-electron chi connectivity index (χ4n) is 3.74. The molecule has 0 amide bonds. The molecule has 108 valence electrons. The first kappa shape index (κ1) is 13.6. The summed E-state index contributed by atoms with van der Waals surface area (Å²) in [6.45, 7) is 9.54. The number of piperidine rings is 1. The Labute approximate surface area is 117 Å². The average molecular weight is 264 g/mol. The van der Waals surface area contributed by atoms with Gasteiger partial charge in [-0.2, -0.15) is 0 Å². The normalized spacial score (nSPS) is 37.2. The quantitative estimate of drug-likeness (QED) is 0.573. The second kappa shape index (κ2) is 5.55. The molecule has 3 fully saturated rings. The number of hydrogen-bond acceptors (Lipinski definition) is 3. The molecule has 3 heterocycles. The molecule has 3 nitrogen and oxygen atoms in total. The smallest absolute Gasteiger partial charge is 0.101 e. The van der Waals surface area contributed by atoms with Crippen molar-refractivity contribution in [3.63, 3.8) is 0 Å². The number of epoxide rings is 1. The molecule has 3 saturated heterocycles. The monoisotopic (exact) mass is 264 g/mol. The lowest BCUT2D eigenvalue weighted by atomic mass is 9.81. The molecule has 3 aliphatic heterocycles. The third-order valence-electron chi connectivity index (χ3n) is 5.22. The van der Waals surface area contributed by atoms with Crippen molar-refractivity contribution in [1.29, 1.82) is 0 Å². The van der Waals surface area contributed by atoms with Gasteiger partial charge in [0.25, 0.3) is 0 Å². The van der Waals surface area contributed by atoms with E-state index in [1.165, 1.54) is 58.4 Å². The van der Waals surface area contributed by atoms with Crippen LogP contribution in [0.5, 0.6) is 0 Å². The molecule has 0 unspecified atom stereocenters. The van der Waals surface area contributed by atoms with Crippen molar-refractivity contribution in [2.75, 3.05) is 46.4 Å². The number of hydrogen-bond donors (Lipinski definition) is 0. The van der Waals surface area contributed by atoms with Crippen molar-refractivity contribution in [3.05, 3.63) is 11.6 Å². The van der Waals surface area contributed by atoms with Crippen molar-refractivity contribution in [3.8, 4) is 0 Å². The van der Waals surface area contributed by atoms with Gasteiger partial charge in [-0.3, -0.25) is 0 Å². The number of likely N-dealkylation sites (tertiary alicyclic amines) is 2. The standard InChI is InChI=1S/C16H28N2O/c1-14(6-5-10-18-8-3-4-9-18)15-12-17(2)11-7-16(15)13-19-16/h6,15H,3-5,7-13H2,1-2H3/b14-6+/t15-,16+/m1/s1. The van der Waals surface area contributed by atoms with Gasteiger partial charge < -0.3 is 14.5 Å². The first-order valence-corrected chi connectivity index (χ1v) is 7.91. The number of rotatable bonds is 4. The molecule has 0 aromatic heterocycles. The fourth-order valence-corrected chi connectivity index (χ4v) is 3.74. The summed E-state index contributed by atoms with van der Waals surface area (Å²) >= 11 is 0.